The fourth-order valence-electron chi connectivity index (χ4n) is 2.79. The maximum Gasteiger partial charge on any atom is 0.243 e. The topological polar surface area (TPSA) is 86.5 Å². The lowest BCUT2D eigenvalue weighted by atomic mass is 9.92. The molecule has 1 aromatic heterocycles. The zero-order chi connectivity index (χ0) is 16.9. The highest BCUT2D eigenvalue weighted by Gasteiger charge is 2.27. The van der Waals surface area contributed by atoms with E-state index in [1.165, 1.54) is 11.3 Å². The molecular weight excluding hydrogens is 326 g/mol. The Labute approximate surface area is 145 Å². The van der Waals surface area contributed by atoms with Crippen molar-refractivity contribution in [2.45, 2.75) is 18.9 Å². The Morgan fingerprint density at radius 3 is 2.92 bits per heavy atom. The summed E-state index contributed by atoms with van der Waals surface area (Å²) in [5.41, 5.74) is 7.76. The average Bonchev–Trinajstić information content (AvgIpc) is 3.10. The van der Waals surface area contributed by atoms with Crippen LogP contribution in [0.1, 0.15) is 12.8 Å². The van der Waals surface area contributed by atoms with Crippen molar-refractivity contribution in [3.63, 3.8) is 0 Å². The lowest BCUT2D eigenvalue weighted by Crippen LogP contribution is -2.43. The van der Waals surface area contributed by atoms with Gasteiger partial charge in [0.05, 0.1) is 18.8 Å². The highest BCUT2D eigenvalue weighted by molar-refractivity contribution is 7.14. The van der Waals surface area contributed by atoms with Gasteiger partial charge in [0.15, 0.2) is 5.13 Å². The van der Waals surface area contributed by atoms with Crippen molar-refractivity contribution in [1.82, 2.24) is 4.98 Å². The van der Waals surface area contributed by atoms with Gasteiger partial charge in [-0.3, -0.25) is 4.79 Å². The molecule has 0 aliphatic carbocycles. The third-order valence-electron chi connectivity index (χ3n) is 4.19. The molecule has 3 rings (SSSR count). The molecule has 1 atom stereocenters. The van der Waals surface area contributed by atoms with Crippen LogP contribution < -0.4 is 15.8 Å². The second kappa shape index (κ2) is 7.74. The van der Waals surface area contributed by atoms with E-state index in [0.29, 0.717) is 18.3 Å². The summed E-state index contributed by atoms with van der Waals surface area (Å²) in [7, 11) is 1.63. The quantitative estimate of drug-likeness (QED) is 0.868. The molecule has 6 nitrogen and oxygen atoms in total. The Morgan fingerprint density at radius 2 is 2.17 bits per heavy atom. The maximum absolute atomic E-state index is 12.3. The molecule has 0 saturated carbocycles. The molecule has 1 aliphatic heterocycles. The summed E-state index contributed by atoms with van der Waals surface area (Å²) in [5, 5.41) is 5.27. The predicted octanol–water partition coefficient (Wildman–Crippen LogP) is 2.51. The maximum atomic E-state index is 12.3. The number of carbonyl (C=O) groups excluding carboxylic acids is 1. The molecule has 1 unspecified atom stereocenters. The van der Waals surface area contributed by atoms with Gasteiger partial charge in [0.2, 0.25) is 5.91 Å². The summed E-state index contributed by atoms with van der Waals surface area (Å²) in [4.78, 5) is 16.8. The number of nitrogens with two attached hydrogens (primary N) is 1. The van der Waals surface area contributed by atoms with Crippen LogP contribution in [0.15, 0.2) is 29.6 Å². The van der Waals surface area contributed by atoms with Crippen molar-refractivity contribution in [2.24, 2.45) is 11.7 Å². The van der Waals surface area contributed by atoms with Gasteiger partial charge < -0.3 is 20.5 Å². The Morgan fingerprint density at radius 1 is 1.42 bits per heavy atom. The van der Waals surface area contributed by atoms with Crippen molar-refractivity contribution in [1.29, 1.82) is 0 Å². The van der Waals surface area contributed by atoms with Crippen molar-refractivity contribution in [2.75, 3.05) is 25.6 Å². The molecule has 0 radical (unpaired) electrons. The van der Waals surface area contributed by atoms with Crippen LogP contribution >= 0.6 is 11.3 Å². The normalized spacial score (nSPS) is 16.6. The smallest absolute Gasteiger partial charge is 0.243 e. The Bertz CT molecular complexity index is 698. The van der Waals surface area contributed by atoms with Crippen LogP contribution in [0.25, 0.3) is 11.3 Å². The van der Waals surface area contributed by atoms with E-state index in [1.807, 2.05) is 29.6 Å². The molecular formula is C17H21N3O3S. The minimum Gasteiger partial charge on any atom is -0.496 e. The first-order valence-electron chi connectivity index (χ1n) is 7.92. The molecule has 2 aromatic rings. The molecule has 1 amide bonds. The van der Waals surface area contributed by atoms with Gasteiger partial charge in [0, 0.05) is 24.2 Å². The second-order valence-corrected chi connectivity index (χ2v) is 6.56. The standard InChI is InChI=1S/C17H21N3O3S/c1-22-14-5-3-2-4-12(14)13-10-24-17(19-13)20-16(21)15(18)11-6-8-23-9-7-11/h2-5,10-11,15H,6-9,18H2,1H3,(H,19,20,21). The number of aromatic nitrogens is 1. The van der Waals surface area contributed by atoms with Gasteiger partial charge >= 0.3 is 0 Å². The summed E-state index contributed by atoms with van der Waals surface area (Å²) < 4.78 is 10.7. The number of ether oxygens (including phenoxy) is 2. The largest absolute Gasteiger partial charge is 0.496 e. The minimum absolute atomic E-state index is 0.160. The second-order valence-electron chi connectivity index (χ2n) is 5.70. The zero-order valence-corrected chi connectivity index (χ0v) is 14.3. The third-order valence-corrected chi connectivity index (χ3v) is 4.95. The minimum atomic E-state index is -0.535. The molecule has 1 saturated heterocycles. The first-order chi connectivity index (χ1) is 11.7. The van der Waals surface area contributed by atoms with Crippen molar-refractivity contribution in [3.05, 3.63) is 29.6 Å². The molecule has 1 fully saturated rings. The number of rotatable bonds is 5. The monoisotopic (exact) mass is 347 g/mol. The Balaban J connectivity index is 1.68. The van der Waals surface area contributed by atoms with E-state index in [4.69, 9.17) is 15.2 Å². The Kier molecular flexibility index (Phi) is 5.44. The van der Waals surface area contributed by atoms with E-state index in [0.717, 1.165) is 29.8 Å². The molecule has 24 heavy (non-hydrogen) atoms. The van der Waals surface area contributed by atoms with Gasteiger partial charge in [-0.2, -0.15) is 0 Å². The number of para-hydroxylation sites is 1. The summed E-state index contributed by atoms with van der Waals surface area (Å²) in [6.07, 6.45) is 1.64. The van der Waals surface area contributed by atoms with Crippen molar-refractivity contribution < 1.29 is 14.3 Å². The van der Waals surface area contributed by atoms with E-state index in [9.17, 15) is 4.79 Å². The van der Waals surface area contributed by atoms with Crippen LogP contribution in [-0.4, -0.2) is 37.3 Å². The molecule has 7 heteroatoms. The van der Waals surface area contributed by atoms with Gasteiger partial charge in [0.1, 0.15) is 5.75 Å². The molecule has 3 N–H and O–H groups in total. The highest BCUT2D eigenvalue weighted by Crippen LogP contribution is 2.32. The molecule has 128 valence electrons. The van der Waals surface area contributed by atoms with Gasteiger partial charge in [-0.25, -0.2) is 4.98 Å². The van der Waals surface area contributed by atoms with E-state index in [2.05, 4.69) is 10.3 Å². The lowest BCUT2D eigenvalue weighted by Gasteiger charge is -2.26. The van der Waals surface area contributed by atoms with Crippen LogP contribution in [0.5, 0.6) is 5.75 Å². The number of benzene rings is 1. The fourth-order valence-corrected chi connectivity index (χ4v) is 3.50. The fraction of sp³-hybridized carbons (Fsp3) is 0.412. The van der Waals surface area contributed by atoms with Crippen LogP contribution in [0.3, 0.4) is 0 Å². The number of thiazole rings is 1. The molecule has 0 spiro atoms. The van der Waals surface area contributed by atoms with E-state index < -0.39 is 6.04 Å². The SMILES string of the molecule is COc1ccccc1-c1csc(NC(=O)C(N)C2CCOCC2)n1. The summed E-state index contributed by atoms with van der Waals surface area (Å²) in [6.45, 7) is 1.34. The summed E-state index contributed by atoms with van der Waals surface area (Å²) in [6, 6.07) is 7.12. The number of carbonyl (C=O) groups is 1. The number of amides is 1. The summed E-state index contributed by atoms with van der Waals surface area (Å²) in [5.74, 6) is 0.717. The van der Waals surface area contributed by atoms with Crippen LogP contribution in [-0.2, 0) is 9.53 Å². The van der Waals surface area contributed by atoms with Crippen LogP contribution in [0, 0.1) is 5.92 Å². The van der Waals surface area contributed by atoms with Crippen molar-refractivity contribution in [3.8, 4) is 17.0 Å². The van der Waals surface area contributed by atoms with Gasteiger partial charge in [-0.15, -0.1) is 11.3 Å². The van der Waals surface area contributed by atoms with E-state index >= 15 is 0 Å². The average molecular weight is 347 g/mol. The number of methoxy groups -OCH3 is 1. The van der Waals surface area contributed by atoms with Crippen LogP contribution in [0.2, 0.25) is 0 Å². The van der Waals surface area contributed by atoms with Crippen LogP contribution in [0.4, 0.5) is 5.13 Å². The number of hydrogen-bond donors (Lipinski definition) is 2. The van der Waals surface area contributed by atoms with Gasteiger partial charge in [-0.1, -0.05) is 12.1 Å². The van der Waals surface area contributed by atoms with E-state index in [-0.39, 0.29) is 11.8 Å². The number of nitrogens with one attached hydrogen (secondary N) is 1. The molecule has 1 aliphatic rings. The number of hydrogen-bond acceptors (Lipinski definition) is 6. The van der Waals surface area contributed by atoms with Gasteiger partial charge in [-0.05, 0) is 30.9 Å². The first-order valence-corrected chi connectivity index (χ1v) is 8.80. The molecule has 1 aromatic carbocycles. The lowest BCUT2D eigenvalue weighted by molar-refractivity contribution is -0.119. The van der Waals surface area contributed by atoms with Gasteiger partial charge in [0.25, 0.3) is 0 Å². The first kappa shape index (κ1) is 16.9. The predicted molar refractivity (Wildman–Crippen MR) is 94.3 cm³/mol. The molecule has 2 heterocycles. The third kappa shape index (κ3) is 3.75. The number of nitrogens with zero attached hydrogens (tertiary/aromatic N) is 1. The zero-order valence-electron chi connectivity index (χ0n) is 13.5. The highest BCUT2D eigenvalue weighted by atomic mass is 32.1. The number of anilines is 1. The van der Waals surface area contributed by atoms with Crippen molar-refractivity contribution >= 4 is 22.4 Å². The van der Waals surface area contributed by atoms with E-state index in [1.54, 1.807) is 7.11 Å². The molecule has 0 bridgehead atoms. The Hall–Kier alpha value is -1.96. The summed E-state index contributed by atoms with van der Waals surface area (Å²) >= 11 is 1.38.